The van der Waals surface area contributed by atoms with Gasteiger partial charge in [-0.1, -0.05) is 74.3 Å². The van der Waals surface area contributed by atoms with Crippen LogP contribution in [0.4, 0.5) is 0 Å². The SMILES string of the molecule is CC(C)(C)c1ccc([C@H]2C[C@@H]2C(=O)NN=Cc2ccc(Cl)cc2Cl)cc1. The molecule has 0 saturated heterocycles. The summed E-state index contributed by atoms with van der Waals surface area (Å²) in [4.78, 5) is 12.3. The van der Waals surface area contributed by atoms with Gasteiger partial charge in [-0.2, -0.15) is 5.10 Å². The first-order chi connectivity index (χ1) is 12.3. The van der Waals surface area contributed by atoms with Crippen LogP contribution in [0.5, 0.6) is 0 Å². The summed E-state index contributed by atoms with van der Waals surface area (Å²) in [7, 11) is 0. The second kappa shape index (κ2) is 7.42. The molecule has 136 valence electrons. The Morgan fingerprint density at radius 2 is 1.85 bits per heavy atom. The van der Waals surface area contributed by atoms with Crippen LogP contribution < -0.4 is 5.43 Å². The number of halogens is 2. The molecule has 0 spiro atoms. The summed E-state index contributed by atoms with van der Waals surface area (Å²) >= 11 is 11.9. The summed E-state index contributed by atoms with van der Waals surface area (Å²) in [5.74, 6) is 0.197. The first kappa shape index (κ1) is 18.9. The van der Waals surface area contributed by atoms with Crippen molar-refractivity contribution in [2.24, 2.45) is 11.0 Å². The van der Waals surface area contributed by atoms with E-state index in [9.17, 15) is 4.79 Å². The van der Waals surface area contributed by atoms with E-state index in [2.05, 4.69) is 55.6 Å². The lowest BCUT2D eigenvalue weighted by molar-refractivity contribution is -0.122. The van der Waals surface area contributed by atoms with Crippen LogP contribution in [-0.4, -0.2) is 12.1 Å². The van der Waals surface area contributed by atoms with E-state index in [1.165, 1.54) is 17.3 Å². The molecule has 1 amide bonds. The molecule has 5 heteroatoms. The zero-order chi connectivity index (χ0) is 18.9. The standard InChI is InChI=1S/C21H22Cl2N2O/c1-21(2,3)15-7-4-13(5-8-15)17-11-18(17)20(26)25-24-12-14-6-9-16(22)10-19(14)23/h4-10,12,17-18H,11H2,1-3H3,(H,25,26)/t17-,18+/m1/s1. The van der Waals surface area contributed by atoms with Crippen molar-refractivity contribution in [2.75, 3.05) is 0 Å². The molecule has 3 nitrogen and oxygen atoms in total. The Kier molecular flexibility index (Phi) is 5.40. The van der Waals surface area contributed by atoms with E-state index in [0.717, 1.165) is 6.42 Å². The minimum atomic E-state index is -0.0590. The molecule has 1 N–H and O–H groups in total. The molecule has 2 aromatic carbocycles. The van der Waals surface area contributed by atoms with E-state index in [4.69, 9.17) is 23.2 Å². The van der Waals surface area contributed by atoms with Gasteiger partial charge in [-0.15, -0.1) is 0 Å². The molecular weight excluding hydrogens is 367 g/mol. The topological polar surface area (TPSA) is 41.5 Å². The van der Waals surface area contributed by atoms with Crippen LogP contribution in [0.3, 0.4) is 0 Å². The Hall–Kier alpha value is -1.84. The predicted octanol–water partition coefficient (Wildman–Crippen LogP) is 5.54. The fraction of sp³-hybridized carbons (Fsp3) is 0.333. The molecule has 0 aromatic heterocycles. The molecule has 0 bridgehead atoms. The van der Waals surface area contributed by atoms with Crippen LogP contribution in [0, 0.1) is 5.92 Å². The second-order valence-corrected chi connectivity index (χ2v) is 8.56. The zero-order valence-electron chi connectivity index (χ0n) is 15.1. The number of carbonyl (C=O) groups excluding carboxylic acids is 1. The molecule has 2 atom stereocenters. The van der Waals surface area contributed by atoms with Crippen LogP contribution in [0.2, 0.25) is 10.0 Å². The van der Waals surface area contributed by atoms with Gasteiger partial charge >= 0.3 is 0 Å². The number of nitrogens with one attached hydrogen (secondary N) is 1. The van der Waals surface area contributed by atoms with Crippen molar-refractivity contribution < 1.29 is 4.79 Å². The molecular formula is C21H22Cl2N2O. The predicted molar refractivity (Wildman–Crippen MR) is 108 cm³/mol. The Morgan fingerprint density at radius 1 is 1.15 bits per heavy atom. The minimum absolute atomic E-state index is 0.0201. The van der Waals surface area contributed by atoms with E-state index in [-0.39, 0.29) is 23.2 Å². The van der Waals surface area contributed by atoms with E-state index in [0.29, 0.717) is 15.6 Å². The molecule has 2 aromatic rings. The summed E-state index contributed by atoms with van der Waals surface area (Å²) in [5.41, 5.74) is 5.96. The average molecular weight is 389 g/mol. The van der Waals surface area contributed by atoms with Crippen molar-refractivity contribution in [1.82, 2.24) is 5.43 Å². The van der Waals surface area contributed by atoms with Gasteiger partial charge in [0.15, 0.2) is 0 Å². The third-order valence-corrected chi connectivity index (χ3v) is 5.24. The molecule has 0 unspecified atom stereocenters. The normalized spacial score (nSPS) is 19.6. The number of hydrogen-bond donors (Lipinski definition) is 1. The van der Waals surface area contributed by atoms with Gasteiger partial charge in [0.25, 0.3) is 0 Å². The largest absolute Gasteiger partial charge is 0.273 e. The van der Waals surface area contributed by atoms with Gasteiger partial charge in [-0.05, 0) is 41.0 Å². The van der Waals surface area contributed by atoms with E-state index < -0.39 is 0 Å². The maximum atomic E-state index is 12.3. The fourth-order valence-electron chi connectivity index (χ4n) is 2.94. The molecule has 1 aliphatic carbocycles. The third-order valence-electron chi connectivity index (χ3n) is 4.67. The minimum Gasteiger partial charge on any atom is -0.273 e. The van der Waals surface area contributed by atoms with Gasteiger partial charge in [0, 0.05) is 16.5 Å². The Balaban J connectivity index is 1.56. The average Bonchev–Trinajstić information content (AvgIpc) is 3.37. The maximum absolute atomic E-state index is 12.3. The van der Waals surface area contributed by atoms with E-state index in [1.54, 1.807) is 18.2 Å². The first-order valence-electron chi connectivity index (χ1n) is 8.64. The molecule has 0 radical (unpaired) electrons. The smallest absolute Gasteiger partial charge is 0.243 e. The Bertz CT molecular complexity index is 838. The summed E-state index contributed by atoms with van der Waals surface area (Å²) < 4.78 is 0. The third kappa shape index (κ3) is 4.46. The molecule has 1 saturated carbocycles. The lowest BCUT2D eigenvalue weighted by Gasteiger charge is -2.19. The van der Waals surface area contributed by atoms with Crippen LogP contribution in [0.25, 0.3) is 0 Å². The summed E-state index contributed by atoms with van der Waals surface area (Å²) in [5, 5.41) is 5.08. The number of benzene rings is 2. The van der Waals surface area contributed by atoms with Crippen LogP contribution >= 0.6 is 23.2 Å². The molecule has 1 fully saturated rings. The number of hydrazone groups is 1. The quantitative estimate of drug-likeness (QED) is 0.541. The van der Waals surface area contributed by atoms with Crippen LogP contribution in [0.1, 0.15) is 49.8 Å². The zero-order valence-corrected chi connectivity index (χ0v) is 16.6. The number of amides is 1. The van der Waals surface area contributed by atoms with Gasteiger partial charge in [-0.25, -0.2) is 5.43 Å². The summed E-state index contributed by atoms with van der Waals surface area (Å²) in [6.45, 7) is 6.58. The van der Waals surface area contributed by atoms with Crippen LogP contribution in [0.15, 0.2) is 47.6 Å². The fourth-order valence-corrected chi connectivity index (χ4v) is 3.40. The first-order valence-corrected chi connectivity index (χ1v) is 9.40. The highest BCUT2D eigenvalue weighted by Gasteiger charge is 2.43. The van der Waals surface area contributed by atoms with Gasteiger partial charge in [0.2, 0.25) is 5.91 Å². The van der Waals surface area contributed by atoms with Gasteiger partial charge < -0.3 is 0 Å². The Labute approximate surface area is 164 Å². The monoisotopic (exact) mass is 388 g/mol. The molecule has 0 heterocycles. The number of hydrogen-bond acceptors (Lipinski definition) is 2. The van der Waals surface area contributed by atoms with Gasteiger partial charge in [0.05, 0.1) is 11.2 Å². The summed E-state index contributed by atoms with van der Waals surface area (Å²) in [6.07, 6.45) is 2.39. The second-order valence-electron chi connectivity index (χ2n) is 7.72. The molecule has 26 heavy (non-hydrogen) atoms. The Morgan fingerprint density at radius 3 is 2.46 bits per heavy atom. The highest BCUT2D eigenvalue weighted by molar-refractivity contribution is 6.36. The van der Waals surface area contributed by atoms with Crippen molar-refractivity contribution in [2.45, 2.75) is 38.5 Å². The maximum Gasteiger partial charge on any atom is 0.243 e. The van der Waals surface area contributed by atoms with E-state index >= 15 is 0 Å². The van der Waals surface area contributed by atoms with Crippen molar-refractivity contribution in [1.29, 1.82) is 0 Å². The number of rotatable bonds is 4. The van der Waals surface area contributed by atoms with Crippen molar-refractivity contribution in [3.05, 3.63) is 69.2 Å². The van der Waals surface area contributed by atoms with Crippen molar-refractivity contribution in [3.63, 3.8) is 0 Å². The van der Waals surface area contributed by atoms with Crippen molar-refractivity contribution >= 4 is 35.3 Å². The lowest BCUT2D eigenvalue weighted by atomic mass is 9.86. The van der Waals surface area contributed by atoms with Gasteiger partial charge in [-0.3, -0.25) is 4.79 Å². The highest BCUT2D eigenvalue weighted by Crippen LogP contribution is 2.47. The van der Waals surface area contributed by atoms with E-state index in [1.807, 2.05) is 0 Å². The number of nitrogens with zero attached hydrogens (tertiary/aromatic N) is 1. The molecule has 1 aliphatic rings. The molecule has 3 rings (SSSR count). The van der Waals surface area contributed by atoms with Gasteiger partial charge in [0.1, 0.15) is 0 Å². The summed E-state index contributed by atoms with van der Waals surface area (Å²) in [6, 6.07) is 13.7. The lowest BCUT2D eigenvalue weighted by Crippen LogP contribution is -2.20. The highest BCUT2D eigenvalue weighted by atomic mass is 35.5. The molecule has 0 aliphatic heterocycles. The number of carbonyl (C=O) groups is 1. The van der Waals surface area contributed by atoms with Crippen LogP contribution in [-0.2, 0) is 10.2 Å². The van der Waals surface area contributed by atoms with Crippen molar-refractivity contribution in [3.8, 4) is 0 Å².